The summed E-state index contributed by atoms with van der Waals surface area (Å²) in [6.45, 7) is 2.66. The number of ether oxygens (including phenoxy) is 1. The summed E-state index contributed by atoms with van der Waals surface area (Å²) >= 11 is 0. The van der Waals surface area contributed by atoms with E-state index in [0.29, 0.717) is 19.5 Å². The molecule has 2 heterocycles. The third-order valence-corrected chi connectivity index (χ3v) is 5.29. The van der Waals surface area contributed by atoms with Gasteiger partial charge in [0.2, 0.25) is 15.7 Å². The minimum Gasteiger partial charge on any atom is -0.471 e. The second kappa shape index (κ2) is 6.83. The van der Waals surface area contributed by atoms with Crippen LogP contribution in [0.4, 0.5) is 0 Å². The van der Waals surface area contributed by atoms with Crippen LogP contribution in [0.3, 0.4) is 0 Å². The molecule has 0 unspecified atom stereocenters. The highest BCUT2D eigenvalue weighted by Crippen LogP contribution is 2.20. The van der Waals surface area contributed by atoms with E-state index in [9.17, 15) is 8.42 Å². The van der Waals surface area contributed by atoms with Gasteiger partial charge in [0, 0.05) is 18.9 Å². The van der Waals surface area contributed by atoms with Crippen LogP contribution in [0.1, 0.15) is 31.9 Å². The van der Waals surface area contributed by atoms with Gasteiger partial charge in [-0.05, 0) is 19.3 Å². The molecule has 1 aliphatic rings. The average molecular weight is 310 g/mol. The second-order valence-corrected chi connectivity index (χ2v) is 6.97. The van der Waals surface area contributed by atoms with Crippen molar-refractivity contribution in [2.75, 3.05) is 18.8 Å². The number of hydrogen-bond donors (Lipinski definition) is 0. The van der Waals surface area contributed by atoms with E-state index in [2.05, 4.69) is 9.97 Å². The number of aromatic nitrogens is 2. The van der Waals surface area contributed by atoms with Crippen molar-refractivity contribution >= 4 is 10.0 Å². The zero-order valence-corrected chi connectivity index (χ0v) is 12.7. The fraction of sp³-hybridized carbons (Fsp3) is 0.615. The number of piperidine rings is 1. The van der Waals surface area contributed by atoms with Gasteiger partial charge in [-0.15, -0.1) is 0 Å². The largest absolute Gasteiger partial charge is 0.471 e. The molecular weight excluding hydrogens is 292 g/mol. The maximum atomic E-state index is 12.1. The quantitative estimate of drug-likeness (QED) is 0.802. The Morgan fingerprint density at radius 1 is 1.48 bits per heavy atom. The Bertz CT molecular complexity index is 627. The second-order valence-electron chi connectivity index (χ2n) is 4.88. The molecule has 1 aromatic heterocycles. The molecule has 21 heavy (non-hydrogen) atoms. The van der Waals surface area contributed by atoms with Crippen molar-refractivity contribution < 1.29 is 13.2 Å². The summed E-state index contributed by atoms with van der Waals surface area (Å²) in [4.78, 5) is 7.87. The zero-order chi connectivity index (χ0) is 15.3. The number of nitrogens with zero attached hydrogens (tertiary/aromatic N) is 4. The van der Waals surface area contributed by atoms with Gasteiger partial charge in [0.1, 0.15) is 12.2 Å². The summed E-state index contributed by atoms with van der Waals surface area (Å²) in [6.07, 6.45) is 4.63. The summed E-state index contributed by atoms with van der Waals surface area (Å²) < 4.78 is 31.3. The van der Waals surface area contributed by atoms with Gasteiger partial charge in [-0.1, -0.05) is 6.92 Å². The minimum atomic E-state index is -3.22. The Hall–Kier alpha value is -1.72. The summed E-state index contributed by atoms with van der Waals surface area (Å²) in [5.74, 6) is 0.314. The van der Waals surface area contributed by atoms with Crippen LogP contribution in [0.25, 0.3) is 0 Å². The molecule has 1 aliphatic heterocycles. The first-order valence-electron chi connectivity index (χ1n) is 6.92. The molecule has 0 aromatic carbocycles. The van der Waals surface area contributed by atoms with Gasteiger partial charge in [0.15, 0.2) is 0 Å². The van der Waals surface area contributed by atoms with Crippen molar-refractivity contribution in [3.63, 3.8) is 0 Å². The maximum Gasteiger partial charge on any atom is 0.251 e. The number of rotatable bonds is 5. The normalized spacial score (nSPS) is 19.9. The molecule has 0 aliphatic carbocycles. The third kappa shape index (κ3) is 3.89. The van der Waals surface area contributed by atoms with Crippen LogP contribution in [0.15, 0.2) is 12.4 Å². The average Bonchev–Trinajstić information content (AvgIpc) is 2.48. The van der Waals surface area contributed by atoms with Crippen LogP contribution in [-0.2, 0) is 10.0 Å². The number of hydrogen-bond acceptors (Lipinski definition) is 6. The van der Waals surface area contributed by atoms with Crippen molar-refractivity contribution in [2.24, 2.45) is 0 Å². The summed E-state index contributed by atoms with van der Waals surface area (Å²) in [6, 6.07) is 1.92. The monoisotopic (exact) mass is 310 g/mol. The van der Waals surface area contributed by atoms with Crippen LogP contribution < -0.4 is 4.74 Å². The van der Waals surface area contributed by atoms with Crippen molar-refractivity contribution in [1.82, 2.24) is 14.3 Å². The highest BCUT2D eigenvalue weighted by atomic mass is 32.2. The Kier molecular flexibility index (Phi) is 5.09. The van der Waals surface area contributed by atoms with Crippen LogP contribution in [0, 0.1) is 11.3 Å². The molecule has 1 saturated heterocycles. The molecule has 1 fully saturated rings. The highest BCUT2D eigenvalue weighted by Gasteiger charge is 2.29. The smallest absolute Gasteiger partial charge is 0.251 e. The van der Waals surface area contributed by atoms with Gasteiger partial charge in [0.25, 0.3) is 5.88 Å². The van der Waals surface area contributed by atoms with E-state index in [4.69, 9.17) is 10.00 Å². The van der Waals surface area contributed by atoms with Gasteiger partial charge in [0.05, 0.1) is 12.3 Å². The molecular formula is C13H18N4O3S. The third-order valence-electron chi connectivity index (χ3n) is 3.25. The van der Waals surface area contributed by atoms with Gasteiger partial charge < -0.3 is 4.74 Å². The molecule has 0 N–H and O–H groups in total. The van der Waals surface area contributed by atoms with E-state index >= 15 is 0 Å². The minimum absolute atomic E-state index is 0.117. The molecule has 8 heteroatoms. The number of sulfonamides is 1. The topological polar surface area (TPSA) is 96.2 Å². The van der Waals surface area contributed by atoms with E-state index in [-0.39, 0.29) is 23.4 Å². The van der Waals surface area contributed by atoms with Crippen molar-refractivity contribution in [3.05, 3.63) is 18.1 Å². The van der Waals surface area contributed by atoms with Gasteiger partial charge in [-0.3, -0.25) is 0 Å². The molecule has 1 aromatic rings. The maximum absolute atomic E-state index is 12.1. The van der Waals surface area contributed by atoms with Crippen LogP contribution in [0.5, 0.6) is 5.88 Å². The first kappa shape index (κ1) is 15.7. The molecule has 0 spiro atoms. The Morgan fingerprint density at radius 2 is 2.24 bits per heavy atom. The Morgan fingerprint density at radius 3 is 2.95 bits per heavy atom. The first-order chi connectivity index (χ1) is 10.1. The Balaban J connectivity index is 2.07. The summed E-state index contributed by atoms with van der Waals surface area (Å²) in [5, 5.41) is 8.96. The summed E-state index contributed by atoms with van der Waals surface area (Å²) in [5.41, 5.74) is 0.117. The van der Waals surface area contributed by atoms with E-state index in [1.165, 1.54) is 16.7 Å². The zero-order valence-electron chi connectivity index (χ0n) is 11.9. The molecule has 0 bridgehead atoms. The molecule has 7 nitrogen and oxygen atoms in total. The fourth-order valence-corrected chi connectivity index (χ4v) is 3.86. The van der Waals surface area contributed by atoms with E-state index in [0.717, 1.165) is 12.8 Å². The lowest BCUT2D eigenvalue weighted by atomic mass is 10.1. The first-order valence-corrected chi connectivity index (χ1v) is 8.53. The van der Waals surface area contributed by atoms with Crippen LogP contribution >= 0.6 is 0 Å². The van der Waals surface area contributed by atoms with Crippen LogP contribution in [0.2, 0.25) is 0 Å². The van der Waals surface area contributed by atoms with Crippen molar-refractivity contribution in [1.29, 1.82) is 5.26 Å². The molecule has 0 amide bonds. The lowest BCUT2D eigenvalue weighted by Gasteiger charge is -2.31. The SMILES string of the molecule is CCCS(=O)(=O)N1CCC[C@@H](Oc2nccnc2C#N)C1. The van der Waals surface area contributed by atoms with Crippen molar-refractivity contribution in [2.45, 2.75) is 32.3 Å². The van der Waals surface area contributed by atoms with Crippen LogP contribution in [-0.4, -0.2) is 47.6 Å². The lowest BCUT2D eigenvalue weighted by molar-refractivity contribution is 0.124. The highest BCUT2D eigenvalue weighted by molar-refractivity contribution is 7.89. The molecule has 2 rings (SSSR count). The molecule has 0 radical (unpaired) electrons. The predicted molar refractivity (Wildman–Crippen MR) is 76.0 cm³/mol. The molecule has 114 valence electrons. The van der Waals surface area contributed by atoms with E-state index < -0.39 is 10.0 Å². The van der Waals surface area contributed by atoms with E-state index in [1.807, 2.05) is 13.0 Å². The van der Waals surface area contributed by atoms with E-state index in [1.54, 1.807) is 0 Å². The van der Waals surface area contributed by atoms with Crippen molar-refractivity contribution in [3.8, 4) is 11.9 Å². The Labute approximate surface area is 124 Å². The van der Waals surface area contributed by atoms with Gasteiger partial charge >= 0.3 is 0 Å². The van der Waals surface area contributed by atoms with Gasteiger partial charge in [-0.2, -0.15) is 9.57 Å². The standard InChI is InChI=1S/C13H18N4O3S/c1-2-8-21(18,19)17-7-3-4-11(10-17)20-13-12(9-14)15-5-6-16-13/h5-6,11H,2-4,7-8,10H2,1H3/t11-/m1/s1. The number of nitriles is 1. The predicted octanol–water partition coefficient (Wildman–Crippen LogP) is 0.931. The summed E-state index contributed by atoms with van der Waals surface area (Å²) in [7, 11) is -3.22. The fourth-order valence-electron chi connectivity index (χ4n) is 2.29. The molecule has 1 atom stereocenters. The van der Waals surface area contributed by atoms with Gasteiger partial charge in [-0.25, -0.2) is 18.4 Å². The lowest BCUT2D eigenvalue weighted by Crippen LogP contribution is -2.45. The molecule has 0 saturated carbocycles.